The zero-order valence-corrected chi connectivity index (χ0v) is 14.4. The molecular weight excluding hydrogens is 320 g/mol. The van der Waals surface area contributed by atoms with Crippen LogP contribution in [0.15, 0.2) is 16.4 Å². The summed E-state index contributed by atoms with van der Waals surface area (Å²) >= 11 is 0. The topological polar surface area (TPSA) is 80.2 Å². The van der Waals surface area contributed by atoms with Crippen LogP contribution in [0.5, 0.6) is 0 Å². The molecule has 0 aromatic carbocycles. The number of amides is 1. The van der Waals surface area contributed by atoms with E-state index in [1.54, 1.807) is 4.68 Å². The van der Waals surface area contributed by atoms with E-state index in [1.807, 2.05) is 4.90 Å². The molecule has 1 unspecified atom stereocenters. The fourth-order valence-corrected chi connectivity index (χ4v) is 4.39. The van der Waals surface area contributed by atoms with E-state index < -0.39 is 0 Å². The maximum absolute atomic E-state index is 12.7. The van der Waals surface area contributed by atoms with Crippen LogP contribution in [0.25, 0.3) is 0 Å². The minimum atomic E-state index is -0.100. The maximum Gasteiger partial charge on any atom is 0.343 e. The van der Waals surface area contributed by atoms with Crippen molar-refractivity contribution < 1.29 is 9.53 Å². The Labute approximate surface area is 146 Å². The summed E-state index contributed by atoms with van der Waals surface area (Å²) < 4.78 is 7.08. The van der Waals surface area contributed by atoms with Crippen molar-refractivity contribution in [1.82, 2.24) is 19.7 Å². The first-order valence-electron chi connectivity index (χ1n) is 9.41. The maximum atomic E-state index is 12.7. The van der Waals surface area contributed by atoms with Gasteiger partial charge in [-0.3, -0.25) is 9.78 Å². The van der Waals surface area contributed by atoms with Crippen molar-refractivity contribution in [1.29, 1.82) is 0 Å². The molecule has 2 saturated heterocycles. The normalized spacial score (nSPS) is 29.8. The fraction of sp³-hybridized carbons (Fsp3) is 0.722. The van der Waals surface area contributed by atoms with E-state index in [9.17, 15) is 9.59 Å². The van der Waals surface area contributed by atoms with Gasteiger partial charge in [-0.2, -0.15) is 5.10 Å². The summed E-state index contributed by atoms with van der Waals surface area (Å²) in [5.41, 5.74) is 0.985. The fourth-order valence-electron chi connectivity index (χ4n) is 4.39. The van der Waals surface area contributed by atoms with Gasteiger partial charge in [0, 0.05) is 36.6 Å². The van der Waals surface area contributed by atoms with E-state index in [4.69, 9.17) is 4.74 Å². The lowest BCUT2D eigenvalue weighted by molar-refractivity contribution is -0.129. The van der Waals surface area contributed by atoms with Crippen LogP contribution < -0.4 is 5.69 Å². The van der Waals surface area contributed by atoms with Crippen LogP contribution in [-0.4, -0.2) is 51.9 Å². The van der Waals surface area contributed by atoms with Crippen LogP contribution in [0, 0.1) is 5.41 Å². The van der Waals surface area contributed by atoms with Gasteiger partial charge in [0.25, 0.3) is 0 Å². The van der Waals surface area contributed by atoms with E-state index in [-0.39, 0.29) is 23.1 Å². The summed E-state index contributed by atoms with van der Waals surface area (Å²) in [7, 11) is 0. The second-order valence-electron chi connectivity index (χ2n) is 8.07. The van der Waals surface area contributed by atoms with E-state index in [0.29, 0.717) is 19.0 Å². The number of ether oxygens (including phenoxy) is 1. The second-order valence-corrected chi connectivity index (χ2v) is 8.07. The van der Waals surface area contributed by atoms with Gasteiger partial charge in [0.1, 0.15) is 5.82 Å². The molecule has 7 nitrogen and oxygen atoms in total. The number of aromatic nitrogens is 3. The minimum Gasteiger partial charge on any atom is -0.381 e. The first-order valence-corrected chi connectivity index (χ1v) is 9.41. The van der Waals surface area contributed by atoms with Gasteiger partial charge in [-0.1, -0.05) is 6.08 Å². The van der Waals surface area contributed by atoms with Crippen LogP contribution in [0.4, 0.5) is 0 Å². The Morgan fingerprint density at radius 1 is 1.28 bits per heavy atom. The van der Waals surface area contributed by atoms with Gasteiger partial charge in [0.15, 0.2) is 0 Å². The van der Waals surface area contributed by atoms with Gasteiger partial charge < -0.3 is 9.64 Å². The zero-order chi connectivity index (χ0) is 17.0. The van der Waals surface area contributed by atoms with Crippen LogP contribution in [0.3, 0.4) is 0 Å². The number of likely N-dealkylation sites (tertiary alicyclic amines) is 1. The highest BCUT2D eigenvalue weighted by atomic mass is 16.5. The zero-order valence-electron chi connectivity index (χ0n) is 14.4. The van der Waals surface area contributed by atoms with Gasteiger partial charge in [-0.15, -0.1) is 0 Å². The number of aromatic amines is 1. The monoisotopic (exact) mass is 344 g/mol. The Morgan fingerprint density at radius 3 is 2.68 bits per heavy atom. The SMILES string of the molecule is O=C(C1=CC2(CCOC2)C1)N1CCC(n2nc(C3CC3)[nH]c2=O)CC1. The number of hydrogen-bond donors (Lipinski definition) is 1. The Kier molecular flexibility index (Phi) is 3.42. The van der Waals surface area contributed by atoms with Gasteiger partial charge in [0.05, 0.1) is 12.6 Å². The van der Waals surface area contributed by atoms with Crippen molar-refractivity contribution in [2.24, 2.45) is 5.41 Å². The summed E-state index contributed by atoms with van der Waals surface area (Å²) in [6.07, 6.45) is 7.87. The molecule has 1 N–H and O–H groups in total. The lowest BCUT2D eigenvalue weighted by Crippen LogP contribution is -2.44. The number of rotatable bonds is 3. The first-order chi connectivity index (χ1) is 12.1. The van der Waals surface area contributed by atoms with Crippen LogP contribution >= 0.6 is 0 Å². The largest absolute Gasteiger partial charge is 0.381 e. The van der Waals surface area contributed by atoms with Crippen molar-refractivity contribution in [2.75, 3.05) is 26.3 Å². The van der Waals surface area contributed by atoms with E-state index >= 15 is 0 Å². The van der Waals surface area contributed by atoms with Crippen molar-refractivity contribution in [3.63, 3.8) is 0 Å². The number of nitrogens with one attached hydrogen (secondary N) is 1. The molecule has 25 heavy (non-hydrogen) atoms. The number of carbonyl (C=O) groups is 1. The van der Waals surface area contributed by atoms with Crippen LogP contribution in [0.1, 0.15) is 56.3 Å². The average Bonchev–Trinajstić information content (AvgIpc) is 3.19. The highest BCUT2D eigenvalue weighted by molar-refractivity contribution is 5.95. The van der Waals surface area contributed by atoms with Crippen LogP contribution in [-0.2, 0) is 9.53 Å². The molecule has 0 radical (unpaired) electrons. The number of nitrogens with zero attached hydrogens (tertiary/aromatic N) is 3. The second kappa shape index (κ2) is 5.56. The number of carbonyl (C=O) groups excluding carboxylic acids is 1. The van der Waals surface area contributed by atoms with Crippen molar-refractivity contribution in [3.05, 3.63) is 28.0 Å². The van der Waals surface area contributed by atoms with Gasteiger partial charge in [-0.25, -0.2) is 9.48 Å². The lowest BCUT2D eigenvalue weighted by Gasteiger charge is -2.38. The van der Waals surface area contributed by atoms with E-state index in [0.717, 1.165) is 63.1 Å². The molecule has 2 aliphatic carbocycles. The quantitative estimate of drug-likeness (QED) is 0.897. The molecule has 1 aromatic rings. The summed E-state index contributed by atoms with van der Waals surface area (Å²) in [6.45, 7) is 2.96. The first kappa shape index (κ1) is 15.4. The molecule has 0 bridgehead atoms. The highest BCUT2D eigenvalue weighted by Gasteiger charge is 2.43. The Hall–Kier alpha value is -1.89. The number of H-pyrrole nitrogens is 1. The Bertz CT molecular complexity index is 774. The predicted molar refractivity (Wildman–Crippen MR) is 90.2 cm³/mol. The van der Waals surface area contributed by atoms with E-state index in [1.165, 1.54) is 0 Å². The number of piperidine rings is 1. The molecule has 4 aliphatic rings. The smallest absolute Gasteiger partial charge is 0.343 e. The van der Waals surface area contributed by atoms with Gasteiger partial charge in [-0.05, 0) is 38.5 Å². The van der Waals surface area contributed by atoms with E-state index in [2.05, 4.69) is 16.2 Å². The predicted octanol–water partition coefficient (Wildman–Crippen LogP) is 1.35. The molecule has 1 spiro atoms. The molecule has 5 rings (SSSR count). The third-order valence-corrected chi connectivity index (χ3v) is 6.15. The molecule has 3 heterocycles. The Morgan fingerprint density at radius 2 is 2.04 bits per heavy atom. The third kappa shape index (κ3) is 2.65. The number of hydrogen-bond acceptors (Lipinski definition) is 4. The standard InChI is InChI=1S/C18H24N4O3/c23-16(13-9-18(10-13)5-8-25-11-18)21-6-3-14(4-7-21)22-17(24)19-15(20-22)12-1-2-12/h9,12,14H,1-8,10-11H2,(H,19,20,24). The van der Waals surface area contributed by atoms with Crippen molar-refractivity contribution in [3.8, 4) is 0 Å². The lowest BCUT2D eigenvalue weighted by atomic mass is 9.70. The molecule has 3 fully saturated rings. The van der Waals surface area contributed by atoms with Crippen molar-refractivity contribution >= 4 is 5.91 Å². The summed E-state index contributed by atoms with van der Waals surface area (Å²) in [5.74, 6) is 1.46. The van der Waals surface area contributed by atoms with Crippen LogP contribution in [0.2, 0.25) is 0 Å². The summed E-state index contributed by atoms with van der Waals surface area (Å²) in [4.78, 5) is 29.6. The molecule has 1 amide bonds. The summed E-state index contributed by atoms with van der Waals surface area (Å²) in [5, 5.41) is 4.50. The molecule has 1 saturated carbocycles. The van der Waals surface area contributed by atoms with Crippen molar-refractivity contribution in [2.45, 2.75) is 50.5 Å². The molecular formula is C18H24N4O3. The Balaban J connectivity index is 1.21. The van der Waals surface area contributed by atoms with Gasteiger partial charge in [0.2, 0.25) is 5.91 Å². The van der Waals surface area contributed by atoms with Gasteiger partial charge >= 0.3 is 5.69 Å². The third-order valence-electron chi connectivity index (χ3n) is 6.15. The molecule has 1 aromatic heterocycles. The molecule has 134 valence electrons. The average molecular weight is 344 g/mol. The molecule has 2 aliphatic heterocycles. The molecule has 1 atom stereocenters. The molecule has 7 heteroatoms. The minimum absolute atomic E-state index is 0.100. The summed E-state index contributed by atoms with van der Waals surface area (Å²) in [6, 6.07) is 0.102. The highest BCUT2D eigenvalue weighted by Crippen LogP contribution is 2.46.